The Hall–Kier alpha value is -2.33. The lowest BCUT2D eigenvalue weighted by molar-refractivity contribution is 0.0787. The number of nitrogens with zero attached hydrogens (tertiary/aromatic N) is 1. The van der Waals surface area contributed by atoms with E-state index in [1.807, 2.05) is 35.2 Å². The minimum Gasteiger partial charge on any atom is -0.493 e. The van der Waals surface area contributed by atoms with Crippen LogP contribution in [0.3, 0.4) is 0 Å². The molecule has 130 valence electrons. The van der Waals surface area contributed by atoms with Crippen LogP contribution >= 0.6 is 0 Å². The van der Waals surface area contributed by atoms with Gasteiger partial charge in [0.15, 0.2) is 0 Å². The number of rotatable bonds is 4. The van der Waals surface area contributed by atoms with Gasteiger partial charge in [-0.25, -0.2) is 0 Å². The standard InChI is InChI=1S/C21H23NO3/c23-14-16-3-1-15(2-4-16)11-17-7-9-22(13-17)21(24)19-5-6-20-18(12-19)8-10-25-20/h1-6,12,17,23H,7-11,13-14H2/t17-/m1/s1. The third kappa shape index (κ3) is 3.40. The summed E-state index contributed by atoms with van der Waals surface area (Å²) in [6.07, 6.45) is 2.91. The molecule has 1 fully saturated rings. The monoisotopic (exact) mass is 337 g/mol. The zero-order valence-electron chi connectivity index (χ0n) is 14.3. The van der Waals surface area contributed by atoms with E-state index in [1.54, 1.807) is 0 Å². The van der Waals surface area contributed by atoms with Gasteiger partial charge in [-0.1, -0.05) is 24.3 Å². The summed E-state index contributed by atoms with van der Waals surface area (Å²) in [6.45, 7) is 2.44. The Balaban J connectivity index is 1.39. The summed E-state index contributed by atoms with van der Waals surface area (Å²) in [4.78, 5) is 14.8. The minimum absolute atomic E-state index is 0.0812. The number of fused-ring (bicyclic) bond motifs is 1. The molecule has 0 unspecified atom stereocenters. The number of likely N-dealkylation sites (tertiary alicyclic amines) is 1. The average Bonchev–Trinajstić information content (AvgIpc) is 3.30. The normalized spacial score (nSPS) is 18.9. The van der Waals surface area contributed by atoms with Gasteiger partial charge in [0.2, 0.25) is 0 Å². The summed E-state index contributed by atoms with van der Waals surface area (Å²) < 4.78 is 5.52. The van der Waals surface area contributed by atoms with E-state index in [0.29, 0.717) is 12.5 Å². The lowest BCUT2D eigenvalue weighted by Gasteiger charge is -2.17. The number of benzene rings is 2. The number of carbonyl (C=O) groups is 1. The Morgan fingerprint density at radius 1 is 1.16 bits per heavy atom. The van der Waals surface area contributed by atoms with Crippen molar-refractivity contribution in [2.24, 2.45) is 5.92 Å². The summed E-state index contributed by atoms with van der Waals surface area (Å²) in [5, 5.41) is 9.12. The van der Waals surface area contributed by atoms with Crippen molar-refractivity contribution < 1.29 is 14.6 Å². The van der Waals surface area contributed by atoms with Gasteiger partial charge < -0.3 is 14.7 Å². The van der Waals surface area contributed by atoms with Crippen LogP contribution in [0.4, 0.5) is 0 Å². The first-order valence-corrected chi connectivity index (χ1v) is 8.96. The van der Waals surface area contributed by atoms with Crippen molar-refractivity contribution in [3.8, 4) is 5.75 Å². The van der Waals surface area contributed by atoms with Crippen molar-refractivity contribution >= 4 is 5.91 Å². The highest BCUT2D eigenvalue weighted by Crippen LogP contribution is 2.28. The molecule has 2 aliphatic rings. The quantitative estimate of drug-likeness (QED) is 0.933. The van der Waals surface area contributed by atoms with Gasteiger partial charge in [0.1, 0.15) is 5.75 Å². The smallest absolute Gasteiger partial charge is 0.253 e. The van der Waals surface area contributed by atoms with Crippen molar-refractivity contribution in [3.05, 3.63) is 64.7 Å². The maximum absolute atomic E-state index is 12.8. The van der Waals surface area contributed by atoms with E-state index < -0.39 is 0 Å². The number of hydrogen-bond donors (Lipinski definition) is 1. The van der Waals surface area contributed by atoms with E-state index in [2.05, 4.69) is 12.1 Å². The predicted molar refractivity (Wildman–Crippen MR) is 95.7 cm³/mol. The van der Waals surface area contributed by atoms with Crippen LogP contribution in [-0.4, -0.2) is 35.6 Å². The van der Waals surface area contributed by atoms with Gasteiger partial charge in [0.25, 0.3) is 5.91 Å². The fraction of sp³-hybridized carbons (Fsp3) is 0.381. The van der Waals surface area contributed by atoms with E-state index in [0.717, 1.165) is 54.8 Å². The van der Waals surface area contributed by atoms with Crippen LogP contribution in [0, 0.1) is 5.92 Å². The molecule has 0 aromatic heterocycles. The Labute approximate surface area is 148 Å². The maximum Gasteiger partial charge on any atom is 0.253 e. The van der Waals surface area contributed by atoms with E-state index in [4.69, 9.17) is 9.84 Å². The number of carbonyl (C=O) groups excluding carboxylic acids is 1. The third-order valence-corrected chi connectivity index (χ3v) is 5.24. The fourth-order valence-corrected chi connectivity index (χ4v) is 3.80. The summed E-state index contributed by atoms with van der Waals surface area (Å²) in [5.74, 6) is 1.55. The lowest BCUT2D eigenvalue weighted by atomic mass is 9.98. The molecule has 2 aromatic carbocycles. The molecule has 0 bridgehead atoms. The van der Waals surface area contributed by atoms with E-state index in [9.17, 15) is 4.79 Å². The van der Waals surface area contributed by atoms with Gasteiger partial charge in [0, 0.05) is 25.1 Å². The Kier molecular flexibility index (Phi) is 4.45. The molecule has 4 rings (SSSR count). The number of ether oxygens (including phenoxy) is 1. The second kappa shape index (κ2) is 6.89. The molecule has 0 aliphatic carbocycles. The molecule has 0 spiro atoms. The van der Waals surface area contributed by atoms with Crippen LogP contribution < -0.4 is 4.74 Å². The predicted octanol–water partition coefficient (Wildman–Crippen LogP) is 2.82. The number of hydrogen-bond acceptors (Lipinski definition) is 3. The summed E-state index contributed by atoms with van der Waals surface area (Å²) in [7, 11) is 0. The molecule has 2 heterocycles. The SMILES string of the molecule is O=C(c1ccc2c(c1)CCO2)N1CC[C@H](Cc2ccc(CO)cc2)C1. The maximum atomic E-state index is 12.8. The molecule has 0 radical (unpaired) electrons. The molecular formula is C21H23NO3. The summed E-state index contributed by atoms with van der Waals surface area (Å²) in [6, 6.07) is 13.9. The summed E-state index contributed by atoms with van der Waals surface area (Å²) >= 11 is 0. The molecule has 2 aromatic rings. The molecule has 1 atom stereocenters. The average molecular weight is 337 g/mol. The Bertz CT molecular complexity index is 769. The van der Waals surface area contributed by atoms with Crippen LogP contribution in [0.15, 0.2) is 42.5 Å². The van der Waals surface area contributed by atoms with Crippen LogP contribution in [-0.2, 0) is 19.4 Å². The third-order valence-electron chi connectivity index (χ3n) is 5.24. The van der Waals surface area contributed by atoms with Crippen molar-refractivity contribution in [1.82, 2.24) is 4.90 Å². The van der Waals surface area contributed by atoms with Gasteiger partial charge >= 0.3 is 0 Å². The summed E-state index contributed by atoms with van der Waals surface area (Å²) in [5.41, 5.74) is 4.13. The van der Waals surface area contributed by atoms with Gasteiger partial charge in [-0.05, 0) is 53.6 Å². The molecule has 1 N–H and O–H groups in total. The van der Waals surface area contributed by atoms with E-state index >= 15 is 0 Å². The van der Waals surface area contributed by atoms with E-state index in [1.165, 1.54) is 5.56 Å². The second-order valence-corrected chi connectivity index (χ2v) is 7.01. The van der Waals surface area contributed by atoms with Gasteiger partial charge in [-0.15, -0.1) is 0 Å². The molecular weight excluding hydrogens is 314 g/mol. The van der Waals surface area contributed by atoms with Crippen LogP contribution in [0.5, 0.6) is 5.75 Å². The number of amides is 1. The number of aliphatic hydroxyl groups excluding tert-OH is 1. The fourth-order valence-electron chi connectivity index (χ4n) is 3.80. The Morgan fingerprint density at radius 3 is 2.76 bits per heavy atom. The second-order valence-electron chi connectivity index (χ2n) is 7.01. The van der Waals surface area contributed by atoms with Crippen LogP contribution in [0.1, 0.15) is 33.5 Å². The first-order valence-electron chi connectivity index (χ1n) is 8.96. The van der Waals surface area contributed by atoms with Crippen molar-refractivity contribution in [2.75, 3.05) is 19.7 Å². The van der Waals surface area contributed by atoms with Gasteiger partial charge in [-0.3, -0.25) is 4.79 Å². The van der Waals surface area contributed by atoms with Gasteiger partial charge in [-0.2, -0.15) is 0 Å². The topological polar surface area (TPSA) is 49.8 Å². The molecule has 4 heteroatoms. The van der Waals surface area contributed by atoms with E-state index in [-0.39, 0.29) is 12.5 Å². The molecule has 1 saturated heterocycles. The Morgan fingerprint density at radius 2 is 1.96 bits per heavy atom. The lowest BCUT2D eigenvalue weighted by Crippen LogP contribution is -2.29. The minimum atomic E-state index is 0.0812. The highest BCUT2D eigenvalue weighted by atomic mass is 16.5. The largest absolute Gasteiger partial charge is 0.493 e. The number of aliphatic hydroxyl groups is 1. The first-order chi connectivity index (χ1) is 12.2. The zero-order valence-corrected chi connectivity index (χ0v) is 14.3. The highest BCUT2D eigenvalue weighted by molar-refractivity contribution is 5.94. The first kappa shape index (κ1) is 16.2. The van der Waals surface area contributed by atoms with Crippen LogP contribution in [0.25, 0.3) is 0 Å². The highest BCUT2D eigenvalue weighted by Gasteiger charge is 2.27. The van der Waals surface area contributed by atoms with Crippen molar-refractivity contribution in [2.45, 2.75) is 25.9 Å². The molecule has 2 aliphatic heterocycles. The van der Waals surface area contributed by atoms with Gasteiger partial charge in [0.05, 0.1) is 13.2 Å². The van der Waals surface area contributed by atoms with Crippen molar-refractivity contribution in [1.29, 1.82) is 0 Å². The molecule has 25 heavy (non-hydrogen) atoms. The zero-order chi connectivity index (χ0) is 17.2. The molecule has 0 saturated carbocycles. The molecule has 1 amide bonds. The molecule has 4 nitrogen and oxygen atoms in total. The van der Waals surface area contributed by atoms with Crippen LogP contribution in [0.2, 0.25) is 0 Å². The van der Waals surface area contributed by atoms with Crippen molar-refractivity contribution in [3.63, 3.8) is 0 Å².